The van der Waals surface area contributed by atoms with Crippen LogP contribution in [0.3, 0.4) is 0 Å². The molecule has 2 aromatic rings. The molecule has 18 heavy (non-hydrogen) atoms. The molecule has 2 rings (SSSR count). The van der Waals surface area contributed by atoms with E-state index in [2.05, 4.69) is 4.98 Å². The molecular weight excluding hydrogens is 242 g/mol. The van der Waals surface area contributed by atoms with Crippen molar-refractivity contribution in [2.75, 3.05) is 5.75 Å². The molecule has 1 aromatic heterocycles. The van der Waals surface area contributed by atoms with Crippen LogP contribution >= 0.6 is 11.8 Å². The van der Waals surface area contributed by atoms with Gasteiger partial charge in [0.1, 0.15) is 0 Å². The molecule has 3 heteroatoms. The summed E-state index contributed by atoms with van der Waals surface area (Å²) >= 11 is 1.55. The number of carbonyl (C=O) groups excluding carboxylic acids is 1. The minimum Gasteiger partial charge on any atom is -0.293 e. The number of hydrogen-bond donors (Lipinski definition) is 0. The van der Waals surface area contributed by atoms with Crippen molar-refractivity contribution in [3.63, 3.8) is 0 Å². The molecule has 0 fully saturated rings. The lowest BCUT2D eigenvalue weighted by atomic mass is 10.0. The number of ketones is 1. The van der Waals surface area contributed by atoms with E-state index in [1.807, 2.05) is 44.2 Å². The number of rotatable bonds is 4. The van der Waals surface area contributed by atoms with Crippen molar-refractivity contribution in [3.8, 4) is 0 Å². The molecule has 0 spiro atoms. The lowest BCUT2D eigenvalue weighted by Gasteiger charge is -2.06. The van der Waals surface area contributed by atoms with Gasteiger partial charge in [-0.15, -0.1) is 11.8 Å². The van der Waals surface area contributed by atoms with Crippen molar-refractivity contribution in [3.05, 3.63) is 59.4 Å². The van der Waals surface area contributed by atoms with Crippen molar-refractivity contribution in [1.29, 1.82) is 0 Å². The normalized spacial score (nSPS) is 10.3. The predicted octanol–water partition coefficient (Wildman–Crippen LogP) is 3.67. The summed E-state index contributed by atoms with van der Waals surface area (Å²) in [4.78, 5) is 17.2. The van der Waals surface area contributed by atoms with E-state index in [0.29, 0.717) is 5.75 Å². The lowest BCUT2D eigenvalue weighted by Crippen LogP contribution is -2.05. The van der Waals surface area contributed by atoms with E-state index in [1.165, 1.54) is 0 Å². The van der Waals surface area contributed by atoms with Crippen LogP contribution in [0.1, 0.15) is 21.5 Å². The number of benzene rings is 1. The van der Waals surface area contributed by atoms with Crippen LogP contribution in [-0.4, -0.2) is 16.5 Å². The Balaban J connectivity index is 2.06. The number of aryl methyl sites for hydroxylation is 2. The second kappa shape index (κ2) is 5.83. The maximum atomic E-state index is 12.2. The van der Waals surface area contributed by atoms with E-state index < -0.39 is 0 Å². The monoisotopic (exact) mass is 257 g/mol. The Morgan fingerprint density at radius 2 is 1.89 bits per heavy atom. The molecule has 0 unspecified atom stereocenters. The highest BCUT2D eigenvalue weighted by molar-refractivity contribution is 8.00. The number of nitrogens with zero attached hydrogens (tertiary/aromatic N) is 1. The molecule has 0 atom stereocenters. The summed E-state index contributed by atoms with van der Waals surface area (Å²) in [5, 5.41) is 0. The van der Waals surface area contributed by atoms with Gasteiger partial charge in [0.15, 0.2) is 5.78 Å². The molecule has 0 radical (unpaired) electrons. The van der Waals surface area contributed by atoms with Crippen molar-refractivity contribution >= 4 is 17.5 Å². The van der Waals surface area contributed by atoms with Crippen LogP contribution in [0.5, 0.6) is 0 Å². The molecule has 0 aliphatic heterocycles. The first-order valence-corrected chi connectivity index (χ1v) is 6.78. The molecule has 0 bridgehead atoms. The fourth-order valence-electron chi connectivity index (χ4n) is 1.70. The Morgan fingerprint density at radius 1 is 1.17 bits per heavy atom. The third kappa shape index (κ3) is 3.20. The first kappa shape index (κ1) is 12.8. The van der Waals surface area contributed by atoms with E-state index in [9.17, 15) is 4.79 Å². The molecule has 2 nitrogen and oxygen atoms in total. The summed E-state index contributed by atoms with van der Waals surface area (Å²) in [7, 11) is 0. The number of hydrogen-bond acceptors (Lipinski definition) is 3. The minimum atomic E-state index is 0.179. The standard InChI is InChI=1S/C15H15NOS/c1-11-3-4-12(2)14(9-11)15(17)10-18-13-5-7-16-8-6-13/h3-9H,10H2,1-2H3. The smallest absolute Gasteiger partial charge is 0.173 e. The maximum Gasteiger partial charge on any atom is 0.173 e. The van der Waals surface area contributed by atoms with Crippen molar-refractivity contribution in [2.24, 2.45) is 0 Å². The largest absolute Gasteiger partial charge is 0.293 e. The van der Waals surface area contributed by atoms with E-state index in [4.69, 9.17) is 0 Å². The van der Waals surface area contributed by atoms with Gasteiger partial charge in [-0.05, 0) is 37.6 Å². The van der Waals surface area contributed by atoms with Gasteiger partial charge in [0.05, 0.1) is 5.75 Å². The topological polar surface area (TPSA) is 30.0 Å². The first-order valence-electron chi connectivity index (χ1n) is 5.80. The molecular formula is C15H15NOS. The molecule has 1 aromatic carbocycles. The summed E-state index contributed by atoms with van der Waals surface area (Å²) in [5.74, 6) is 0.645. The summed E-state index contributed by atoms with van der Waals surface area (Å²) in [6.45, 7) is 3.98. The molecule has 0 aliphatic carbocycles. The highest BCUT2D eigenvalue weighted by Gasteiger charge is 2.09. The van der Waals surface area contributed by atoms with Crippen LogP contribution in [0.4, 0.5) is 0 Å². The third-order valence-electron chi connectivity index (χ3n) is 2.71. The van der Waals surface area contributed by atoms with Crippen LogP contribution in [0, 0.1) is 13.8 Å². The zero-order valence-electron chi connectivity index (χ0n) is 10.5. The van der Waals surface area contributed by atoms with Crippen molar-refractivity contribution in [2.45, 2.75) is 18.7 Å². The second-order valence-corrected chi connectivity index (χ2v) is 5.26. The molecule has 1 heterocycles. The van der Waals surface area contributed by atoms with Gasteiger partial charge in [-0.25, -0.2) is 0 Å². The Kier molecular flexibility index (Phi) is 4.15. The fraction of sp³-hybridized carbons (Fsp3) is 0.200. The Bertz CT molecular complexity index is 552. The van der Waals surface area contributed by atoms with E-state index in [-0.39, 0.29) is 5.78 Å². The molecule has 92 valence electrons. The van der Waals surface area contributed by atoms with Crippen LogP contribution in [0.2, 0.25) is 0 Å². The van der Waals surface area contributed by atoms with Crippen LogP contribution in [0.25, 0.3) is 0 Å². The van der Waals surface area contributed by atoms with Crippen molar-refractivity contribution in [1.82, 2.24) is 4.98 Å². The van der Waals surface area contributed by atoms with Crippen LogP contribution < -0.4 is 0 Å². The third-order valence-corrected chi connectivity index (χ3v) is 3.73. The van der Waals surface area contributed by atoms with Gasteiger partial charge in [0, 0.05) is 22.9 Å². The SMILES string of the molecule is Cc1ccc(C)c(C(=O)CSc2ccncc2)c1. The van der Waals surface area contributed by atoms with E-state index in [1.54, 1.807) is 24.2 Å². The summed E-state index contributed by atoms with van der Waals surface area (Å²) < 4.78 is 0. The van der Waals surface area contributed by atoms with Gasteiger partial charge < -0.3 is 0 Å². The van der Waals surface area contributed by atoms with Gasteiger partial charge >= 0.3 is 0 Å². The van der Waals surface area contributed by atoms with Gasteiger partial charge in [0.25, 0.3) is 0 Å². The quantitative estimate of drug-likeness (QED) is 0.618. The lowest BCUT2D eigenvalue weighted by molar-refractivity contribution is 0.102. The highest BCUT2D eigenvalue weighted by Crippen LogP contribution is 2.19. The number of aromatic nitrogens is 1. The van der Waals surface area contributed by atoms with Gasteiger partial charge in [-0.1, -0.05) is 17.7 Å². The second-order valence-electron chi connectivity index (χ2n) is 4.21. The van der Waals surface area contributed by atoms with E-state index in [0.717, 1.165) is 21.6 Å². The summed E-state index contributed by atoms with van der Waals surface area (Å²) in [6, 6.07) is 9.83. The van der Waals surface area contributed by atoms with E-state index >= 15 is 0 Å². The first-order chi connectivity index (χ1) is 8.66. The Labute approximate surface area is 111 Å². The Hall–Kier alpha value is -1.61. The highest BCUT2D eigenvalue weighted by atomic mass is 32.2. The maximum absolute atomic E-state index is 12.2. The number of Topliss-reactive ketones (excluding diaryl/α,β-unsaturated/α-hetero) is 1. The molecule has 0 saturated heterocycles. The molecule has 0 saturated carbocycles. The van der Waals surface area contributed by atoms with Crippen LogP contribution in [0.15, 0.2) is 47.6 Å². The van der Waals surface area contributed by atoms with Gasteiger partial charge in [-0.3, -0.25) is 9.78 Å². The molecule has 0 aliphatic rings. The Morgan fingerprint density at radius 3 is 2.61 bits per heavy atom. The minimum absolute atomic E-state index is 0.179. The number of carbonyl (C=O) groups is 1. The fourth-order valence-corrected chi connectivity index (χ4v) is 2.46. The zero-order valence-corrected chi connectivity index (χ0v) is 11.3. The summed E-state index contributed by atoms with van der Waals surface area (Å²) in [5.41, 5.74) is 3.00. The van der Waals surface area contributed by atoms with Crippen molar-refractivity contribution < 1.29 is 4.79 Å². The predicted molar refractivity (Wildman–Crippen MR) is 75.2 cm³/mol. The average molecular weight is 257 g/mol. The van der Waals surface area contributed by atoms with Crippen LogP contribution in [-0.2, 0) is 0 Å². The summed E-state index contributed by atoms with van der Waals surface area (Å²) in [6.07, 6.45) is 3.48. The zero-order chi connectivity index (χ0) is 13.0. The number of pyridine rings is 1. The van der Waals surface area contributed by atoms with Gasteiger partial charge in [-0.2, -0.15) is 0 Å². The van der Waals surface area contributed by atoms with Gasteiger partial charge in [0.2, 0.25) is 0 Å². The molecule has 0 amide bonds. The number of thioether (sulfide) groups is 1. The average Bonchev–Trinajstić information content (AvgIpc) is 2.40. The molecule has 0 N–H and O–H groups in total.